The van der Waals surface area contributed by atoms with Gasteiger partial charge in [-0.25, -0.2) is 0 Å². The second-order valence-electron chi connectivity index (χ2n) is 8.40. The second-order valence-corrected chi connectivity index (χ2v) is 8.40. The molecule has 0 spiro atoms. The summed E-state index contributed by atoms with van der Waals surface area (Å²) in [7, 11) is 5.00. The van der Waals surface area contributed by atoms with Crippen LogP contribution in [0.4, 0.5) is 0 Å². The third-order valence-electron chi connectivity index (χ3n) is 5.12. The standard InChI is InChI=1S/C24H43NO3/c1-6-8-9-10-11-12-13-14-15-16-17-28-24-22(20-25(3,4)26)18-21(7-2)19-23(24)27-5/h18-19H,6-17,20H2,1-5H3. The summed E-state index contributed by atoms with van der Waals surface area (Å²) in [5.74, 6) is 1.49. The highest BCUT2D eigenvalue weighted by atomic mass is 16.5. The van der Waals surface area contributed by atoms with Crippen molar-refractivity contribution in [1.82, 2.24) is 0 Å². The second kappa shape index (κ2) is 13.8. The van der Waals surface area contributed by atoms with Crippen molar-refractivity contribution in [2.24, 2.45) is 0 Å². The van der Waals surface area contributed by atoms with E-state index in [2.05, 4.69) is 19.9 Å². The van der Waals surface area contributed by atoms with Crippen molar-refractivity contribution in [2.75, 3.05) is 27.8 Å². The van der Waals surface area contributed by atoms with Gasteiger partial charge < -0.3 is 19.3 Å². The highest BCUT2D eigenvalue weighted by Gasteiger charge is 2.17. The first kappa shape index (κ1) is 24.8. The van der Waals surface area contributed by atoms with E-state index in [-0.39, 0.29) is 4.65 Å². The minimum absolute atomic E-state index is 0.370. The Hall–Kier alpha value is -1.26. The monoisotopic (exact) mass is 393 g/mol. The summed E-state index contributed by atoms with van der Waals surface area (Å²) in [5.41, 5.74) is 2.12. The average Bonchev–Trinajstić information content (AvgIpc) is 2.65. The van der Waals surface area contributed by atoms with Crippen molar-refractivity contribution >= 4 is 0 Å². The van der Waals surface area contributed by atoms with Crippen LogP contribution in [0.1, 0.15) is 89.2 Å². The van der Waals surface area contributed by atoms with Crippen LogP contribution in [0.25, 0.3) is 0 Å². The number of aryl methyl sites for hydroxylation is 1. The van der Waals surface area contributed by atoms with Crippen LogP contribution in [0.3, 0.4) is 0 Å². The molecule has 0 saturated heterocycles. The number of nitrogens with zero attached hydrogens (tertiary/aromatic N) is 1. The van der Waals surface area contributed by atoms with Crippen LogP contribution >= 0.6 is 0 Å². The number of quaternary nitrogens is 1. The first-order valence-corrected chi connectivity index (χ1v) is 11.3. The maximum atomic E-state index is 12.2. The normalized spacial score (nSPS) is 11.6. The molecule has 0 aliphatic heterocycles. The van der Waals surface area contributed by atoms with Gasteiger partial charge in [-0.2, -0.15) is 0 Å². The third kappa shape index (κ3) is 10.3. The van der Waals surface area contributed by atoms with Gasteiger partial charge in [0.15, 0.2) is 11.5 Å². The van der Waals surface area contributed by atoms with E-state index in [9.17, 15) is 5.21 Å². The van der Waals surface area contributed by atoms with Gasteiger partial charge in [-0.1, -0.05) is 71.6 Å². The lowest BCUT2D eigenvalue weighted by Gasteiger charge is -2.34. The van der Waals surface area contributed by atoms with Crippen LogP contribution in [-0.4, -0.2) is 32.5 Å². The van der Waals surface area contributed by atoms with Crippen molar-refractivity contribution in [3.63, 3.8) is 0 Å². The molecule has 0 amide bonds. The molecule has 162 valence electrons. The molecule has 4 heteroatoms. The lowest BCUT2D eigenvalue weighted by atomic mass is 10.1. The molecule has 0 radical (unpaired) electrons. The molecule has 0 aliphatic rings. The molecule has 0 fully saturated rings. The van der Waals surface area contributed by atoms with Gasteiger partial charge >= 0.3 is 0 Å². The van der Waals surface area contributed by atoms with Crippen LogP contribution in [0.5, 0.6) is 11.5 Å². The molecule has 0 bridgehead atoms. The lowest BCUT2D eigenvalue weighted by Crippen LogP contribution is -2.31. The largest absolute Gasteiger partial charge is 0.633 e. The molecule has 0 N–H and O–H groups in total. The number of hydroxylamine groups is 3. The summed E-state index contributed by atoms with van der Waals surface area (Å²) >= 11 is 0. The molecule has 0 atom stereocenters. The highest BCUT2D eigenvalue weighted by Crippen LogP contribution is 2.35. The van der Waals surface area contributed by atoms with E-state index in [1.807, 2.05) is 6.07 Å². The Morgan fingerprint density at radius 3 is 1.93 bits per heavy atom. The van der Waals surface area contributed by atoms with Gasteiger partial charge in [0.25, 0.3) is 0 Å². The molecule has 0 aromatic heterocycles. The Labute approximate surface area is 173 Å². The fourth-order valence-electron chi connectivity index (χ4n) is 3.53. The zero-order valence-electron chi connectivity index (χ0n) is 19.0. The van der Waals surface area contributed by atoms with Crippen LogP contribution in [0.15, 0.2) is 12.1 Å². The third-order valence-corrected chi connectivity index (χ3v) is 5.12. The number of hydrogen-bond donors (Lipinski definition) is 0. The summed E-state index contributed by atoms with van der Waals surface area (Å²) < 4.78 is 11.3. The van der Waals surface area contributed by atoms with Gasteiger partial charge in [-0.3, -0.25) is 0 Å². The van der Waals surface area contributed by atoms with Gasteiger partial charge in [0.05, 0.1) is 33.4 Å². The van der Waals surface area contributed by atoms with Crippen molar-refractivity contribution in [1.29, 1.82) is 0 Å². The van der Waals surface area contributed by atoms with Crippen LogP contribution in [-0.2, 0) is 13.0 Å². The summed E-state index contributed by atoms with van der Waals surface area (Å²) in [4.78, 5) is 0. The Kier molecular flexibility index (Phi) is 12.2. The molecule has 0 saturated carbocycles. The van der Waals surface area contributed by atoms with E-state index in [4.69, 9.17) is 9.47 Å². The van der Waals surface area contributed by atoms with E-state index in [1.54, 1.807) is 21.2 Å². The molecule has 1 rings (SSSR count). The first-order chi connectivity index (χ1) is 13.4. The number of unbranched alkanes of at least 4 members (excludes halogenated alkanes) is 9. The van der Waals surface area contributed by atoms with E-state index >= 15 is 0 Å². The van der Waals surface area contributed by atoms with Crippen LogP contribution in [0.2, 0.25) is 0 Å². The molecule has 28 heavy (non-hydrogen) atoms. The summed E-state index contributed by atoms with van der Waals surface area (Å²) in [6, 6.07) is 4.12. The summed E-state index contributed by atoms with van der Waals surface area (Å²) in [6.07, 6.45) is 14.0. The van der Waals surface area contributed by atoms with Crippen molar-refractivity contribution in [3.8, 4) is 11.5 Å². The van der Waals surface area contributed by atoms with Gasteiger partial charge in [0.2, 0.25) is 0 Å². The lowest BCUT2D eigenvalue weighted by molar-refractivity contribution is -0.853. The maximum Gasteiger partial charge on any atom is 0.169 e. The van der Waals surface area contributed by atoms with E-state index in [1.165, 1.54) is 63.4 Å². The predicted molar refractivity (Wildman–Crippen MR) is 119 cm³/mol. The van der Waals surface area contributed by atoms with Crippen molar-refractivity contribution in [2.45, 2.75) is 91.0 Å². The number of methoxy groups -OCH3 is 1. The van der Waals surface area contributed by atoms with Crippen LogP contribution < -0.4 is 9.47 Å². The Morgan fingerprint density at radius 1 is 0.857 bits per heavy atom. The fourth-order valence-corrected chi connectivity index (χ4v) is 3.53. The number of benzene rings is 1. The van der Waals surface area contributed by atoms with Crippen LogP contribution in [0, 0.1) is 5.21 Å². The Balaban J connectivity index is 2.44. The summed E-state index contributed by atoms with van der Waals surface area (Å²) in [6.45, 7) is 5.44. The van der Waals surface area contributed by atoms with Gasteiger partial charge in [0.1, 0.15) is 6.54 Å². The van der Waals surface area contributed by atoms with Gasteiger partial charge in [0, 0.05) is 0 Å². The molecule has 1 aromatic carbocycles. The van der Waals surface area contributed by atoms with Gasteiger partial charge in [-0.05, 0) is 30.5 Å². The Bertz CT molecular complexity index is 537. The highest BCUT2D eigenvalue weighted by molar-refractivity contribution is 5.49. The minimum atomic E-state index is -0.370. The molecule has 1 aromatic rings. The zero-order valence-corrected chi connectivity index (χ0v) is 19.0. The maximum absolute atomic E-state index is 12.2. The van der Waals surface area contributed by atoms with Gasteiger partial charge in [-0.15, -0.1) is 0 Å². The van der Waals surface area contributed by atoms with Crippen molar-refractivity contribution in [3.05, 3.63) is 28.5 Å². The number of rotatable bonds is 16. The summed E-state index contributed by atoms with van der Waals surface area (Å²) in [5, 5.41) is 12.2. The minimum Gasteiger partial charge on any atom is -0.633 e. The fraction of sp³-hybridized carbons (Fsp3) is 0.750. The molecular weight excluding hydrogens is 350 g/mol. The first-order valence-electron chi connectivity index (χ1n) is 11.3. The van der Waals surface area contributed by atoms with E-state index < -0.39 is 0 Å². The molecule has 0 heterocycles. The van der Waals surface area contributed by atoms with E-state index in [0.29, 0.717) is 13.2 Å². The molecule has 4 nitrogen and oxygen atoms in total. The zero-order chi connectivity index (χ0) is 20.8. The smallest absolute Gasteiger partial charge is 0.169 e. The Morgan fingerprint density at radius 2 is 1.43 bits per heavy atom. The SMILES string of the molecule is CCCCCCCCCCCCOc1c(C[N+](C)(C)[O-])cc(CC)cc1OC. The quantitative estimate of drug-likeness (QED) is 0.180. The predicted octanol–water partition coefficient (Wildman–Crippen LogP) is 6.63. The topological polar surface area (TPSA) is 41.5 Å². The van der Waals surface area contributed by atoms with E-state index in [0.717, 1.165) is 29.9 Å². The van der Waals surface area contributed by atoms with Crippen molar-refractivity contribution < 1.29 is 14.1 Å². The number of ether oxygens (including phenoxy) is 2. The number of hydrogen-bond acceptors (Lipinski definition) is 3. The molecular formula is C24H43NO3. The molecule has 0 aliphatic carbocycles. The molecule has 0 unspecified atom stereocenters. The average molecular weight is 394 g/mol.